The number of carbonyl (C=O) groups is 1. The highest BCUT2D eigenvalue weighted by atomic mass is 32.2. The molecule has 7 nitrogen and oxygen atoms in total. The topological polar surface area (TPSA) is 88.8 Å². The van der Waals surface area contributed by atoms with E-state index >= 15 is 0 Å². The Labute approximate surface area is 175 Å². The maximum atomic E-state index is 12.9. The van der Waals surface area contributed by atoms with Crippen LogP contribution in [0.15, 0.2) is 52.0 Å². The number of anilines is 1. The zero-order valence-electron chi connectivity index (χ0n) is 17.0. The molecule has 1 aromatic heterocycles. The fraction of sp³-hybridized carbons (Fsp3) is 0.318. The Bertz CT molecular complexity index is 1190. The zero-order valence-corrected chi connectivity index (χ0v) is 17.8. The molecule has 1 amide bonds. The zero-order chi connectivity index (χ0) is 21.3. The van der Waals surface area contributed by atoms with Crippen molar-refractivity contribution in [2.75, 3.05) is 25.5 Å². The first-order chi connectivity index (χ1) is 14.4. The van der Waals surface area contributed by atoms with Gasteiger partial charge in [0.25, 0.3) is 0 Å². The normalized spacial score (nSPS) is 14.9. The molecule has 1 saturated heterocycles. The third-order valence-electron chi connectivity index (χ3n) is 5.29. The van der Waals surface area contributed by atoms with Crippen molar-refractivity contribution in [2.45, 2.75) is 31.1 Å². The van der Waals surface area contributed by atoms with E-state index in [0.717, 1.165) is 34.9 Å². The first-order valence-corrected chi connectivity index (χ1v) is 11.3. The highest BCUT2D eigenvalue weighted by molar-refractivity contribution is 7.89. The van der Waals surface area contributed by atoms with Crippen molar-refractivity contribution in [1.29, 1.82) is 0 Å². The van der Waals surface area contributed by atoms with Crippen LogP contribution in [0, 0.1) is 6.92 Å². The molecule has 0 radical (unpaired) electrons. The SMILES string of the molecule is COc1cc(NC(=O)Cc2coc3cc(C)ccc23)ccc1S(=O)(=O)N1CCCC1. The maximum Gasteiger partial charge on any atom is 0.246 e. The molecular formula is C22H24N2O5S. The van der Waals surface area contributed by atoms with Crippen LogP contribution in [0.2, 0.25) is 0 Å². The summed E-state index contributed by atoms with van der Waals surface area (Å²) < 4.78 is 38.0. The van der Waals surface area contributed by atoms with E-state index in [1.807, 2.05) is 25.1 Å². The van der Waals surface area contributed by atoms with Gasteiger partial charge in [-0.2, -0.15) is 4.31 Å². The average molecular weight is 429 g/mol. The molecule has 1 aliphatic heterocycles. The number of nitrogens with one attached hydrogen (secondary N) is 1. The van der Waals surface area contributed by atoms with Gasteiger partial charge >= 0.3 is 0 Å². The van der Waals surface area contributed by atoms with Crippen LogP contribution in [0.4, 0.5) is 5.69 Å². The molecule has 4 rings (SSSR count). The second-order valence-corrected chi connectivity index (χ2v) is 9.37. The fourth-order valence-electron chi connectivity index (χ4n) is 3.73. The number of rotatable bonds is 6. The lowest BCUT2D eigenvalue weighted by Gasteiger charge is -2.18. The minimum Gasteiger partial charge on any atom is -0.495 e. The molecule has 158 valence electrons. The summed E-state index contributed by atoms with van der Waals surface area (Å²) in [5.41, 5.74) is 3.10. The Balaban J connectivity index is 1.52. The molecule has 1 N–H and O–H groups in total. The van der Waals surface area contributed by atoms with Gasteiger partial charge in [-0.25, -0.2) is 8.42 Å². The number of aryl methyl sites for hydroxylation is 1. The van der Waals surface area contributed by atoms with Crippen molar-refractivity contribution >= 4 is 32.6 Å². The van der Waals surface area contributed by atoms with Gasteiger partial charge in [-0.3, -0.25) is 4.79 Å². The molecule has 1 aliphatic rings. The average Bonchev–Trinajstić information content (AvgIpc) is 3.38. The standard InChI is InChI=1S/C22H24N2O5S/c1-15-5-7-18-16(14-29-19(18)11-15)12-22(25)23-17-6-8-21(20(13-17)28-2)30(26,27)24-9-3-4-10-24/h5-8,11,13-14H,3-4,9-10,12H2,1-2H3,(H,23,25). The minimum absolute atomic E-state index is 0.112. The van der Waals surface area contributed by atoms with Crippen LogP contribution in [0.5, 0.6) is 5.75 Å². The number of furan rings is 1. The number of methoxy groups -OCH3 is 1. The fourth-order valence-corrected chi connectivity index (χ4v) is 5.39. The summed E-state index contributed by atoms with van der Waals surface area (Å²) in [4.78, 5) is 12.7. The molecule has 30 heavy (non-hydrogen) atoms. The van der Waals surface area contributed by atoms with Gasteiger partial charge in [-0.05, 0) is 43.5 Å². The van der Waals surface area contributed by atoms with E-state index in [2.05, 4.69) is 5.32 Å². The van der Waals surface area contributed by atoms with Crippen LogP contribution in [-0.4, -0.2) is 38.8 Å². The third-order valence-corrected chi connectivity index (χ3v) is 7.23. The van der Waals surface area contributed by atoms with Gasteiger partial charge in [0.05, 0.1) is 19.8 Å². The lowest BCUT2D eigenvalue weighted by atomic mass is 10.1. The summed E-state index contributed by atoms with van der Waals surface area (Å²) >= 11 is 0. The summed E-state index contributed by atoms with van der Waals surface area (Å²) in [7, 11) is -2.19. The van der Waals surface area contributed by atoms with Crippen LogP contribution in [0.25, 0.3) is 11.0 Å². The van der Waals surface area contributed by atoms with Crippen molar-refractivity contribution in [1.82, 2.24) is 4.31 Å². The first-order valence-electron chi connectivity index (χ1n) is 9.83. The van der Waals surface area contributed by atoms with E-state index in [0.29, 0.717) is 18.8 Å². The van der Waals surface area contributed by atoms with Crippen molar-refractivity contribution in [2.24, 2.45) is 0 Å². The molecule has 1 fully saturated rings. The van der Waals surface area contributed by atoms with Gasteiger partial charge in [0.15, 0.2) is 0 Å². The molecule has 0 atom stereocenters. The molecule has 2 heterocycles. The Hall–Kier alpha value is -2.84. The molecule has 2 aromatic carbocycles. The van der Waals surface area contributed by atoms with Gasteiger partial charge in [0.1, 0.15) is 16.2 Å². The number of hydrogen-bond donors (Lipinski definition) is 1. The van der Waals surface area contributed by atoms with Crippen molar-refractivity contribution in [3.8, 4) is 5.75 Å². The van der Waals surface area contributed by atoms with Gasteiger partial charge in [-0.1, -0.05) is 12.1 Å². The second-order valence-electron chi connectivity index (χ2n) is 7.46. The number of carbonyl (C=O) groups excluding carboxylic acids is 1. The second kappa shape index (κ2) is 8.12. The van der Waals surface area contributed by atoms with Crippen molar-refractivity contribution < 1.29 is 22.4 Å². The molecule has 0 spiro atoms. The number of amides is 1. The summed E-state index contributed by atoms with van der Waals surface area (Å²) in [6.45, 7) is 3.01. The lowest BCUT2D eigenvalue weighted by Crippen LogP contribution is -2.28. The van der Waals surface area contributed by atoms with Crippen LogP contribution in [-0.2, 0) is 21.2 Å². The Morgan fingerprint density at radius 3 is 2.67 bits per heavy atom. The number of benzene rings is 2. The predicted molar refractivity (Wildman–Crippen MR) is 114 cm³/mol. The van der Waals surface area contributed by atoms with Gasteiger partial charge in [0, 0.05) is 35.8 Å². The molecule has 0 saturated carbocycles. The summed E-state index contributed by atoms with van der Waals surface area (Å²) in [5.74, 6) is -0.0144. The Morgan fingerprint density at radius 2 is 1.93 bits per heavy atom. The predicted octanol–water partition coefficient (Wildman–Crippen LogP) is 3.72. The number of hydrogen-bond acceptors (Lipinski definition) is 5. The van der Waals surface area contributed by atoms with Crippen LogP contribution in [0.3, 0.4) is 0 Å². The van der Waals surface area contributed by atoms with Crippen molar-refractivity contribution in [3.63, 3.8) is 0 Å². The van der Waals surface area contributed by atoms with E-state index in [1.165, 1.54) is 23.5 Å². The van der Waals surface area contributed by atoms with E-state index in [9.17, 15) is 13.2 Å². The van der Waals surface area contributed by atoms with Gasteiger partial charge in [0.2, 0.25) is 15.9 Å². The summed E-state index contributed by atoms with van der Waals surface area (Å²) in [6, 6.07) is 10.5. The molecule has 0 unspecified atom stereocenters. The van der Waals surface area contributed by atoms with Crippen molar-refractivity contribution in [3.05, 3.63) is 53.8 Å². The van der Waals surface area contributed by atoms with E-state index in [4.69, 9.17) is 9.15 Å². The van der Waals surface area contributed by atoms with Gasteiger partial charge < -0.3 is 14.5 Å². The first kappa shape index (κ1) is 20.4. The molecule has 0 aliphatic carbocycles. The smallest absolute Gasteiger partial charge is 0.246 e. The lowest BCUT2D eigenvalue weighted by molar-refractivity contribution is -0.115. The van der Waals surface area contributed by atoms with E-state index < -0.39 is 10.0 Å². The molecule has 3 aromatic rings. The Kier molecular flexibility index (Phi) is 5.53. The third kappa shape index (κ3) is 3.93. The van der Waals surface area contributed by atoms with Crippen LogP contribution in [0.1, 0.15) is 24.0 Å². The Morgan fingerprint density at radius 1 is 1.17 bits per heavy atom. The molecule has 8 heteroatoms. The largest absolute Gasteiger partial charge is 0.495 e. The number of nitrogens with zero attached hydrogens (tertiary/aromatic N) is 1. The molecule has 0 bridgehead atoms. The van der Waals surface area contributed by atoms with E-state index in [1.54, 1.807) is 12.3 Å². The summed E-state index contributed by atoms with van der Waals surface area (Å²) in [5, 5.41) is 3.71. The van der Waals surface area contributed by atoms with E-state index in [-0.39, 0.29) is 23.0 Å². The molecular weight excluding hydrogens is 404 g/mol. The maximum absolute atomic E-state index is 12.9. The number of sulfonamides is 1. The number of fused-ring (bicyclic) bond motifs is 1. The summed E-state index contributed by atoms with van der Waals surface area (Å²) in [6.07, 6.45) is 3.46. The highest BCUT2D eigenvalue weighted by Crippen LogP contribution is 2.31. The minimum atomic E-state index is -3.61. The monoisotopic (exact) mass is 428 g/mol. The van der Waals surface area contributed by atoms with Crippen LogP contribution >= 0.6 is 0 Å². The number of ether oxygens (including phenoxy) is 1. The van der Waals surface area contributed by atoms with Gasteiger partial charge in [-0.15, -0.1) is 0 Å². The highest BCUT2D eigenvalue weighted by Gasteiger charge is 2.30. The quantitative estimate of drug-likeness (QED) is 0.646. The van der Waals surface area contributed by atoms with Crippen LogP contribution < -0.4 is 10.1 Å².